The molecule has 0 spiro atoms. The Bertz CT molecular complexity index is 1120. The highest BCUT2D eigenvalue weighted by Crippen LogP contribution is 2.40. The largest absolute Gasteiger partial charge is 0.290 e. The van der Waals surface area contributed by atoms with E-state index in [0.717, 1.165) is 18.4 Å². The molecule has 0 N–H and O–H groups in total. The first-order valence-corrected chi connectivity index (χ1v) is 18.2. The van der Waals surface area contributed by atoms with Gasteiger partial charge in [-0.05, 0) is 43.0 Å². The van der Waals surface area contributed by atoms with Crippen molar-refractivity contribution in [2.75, 3.05) is 0 Å². The first-order valence-electron chi connectivity index (χ1n) is 11.6. The van der Waals surface area contributed by atoms with E-state index < -0.39 is 27.8 Å². The van der Waals surface area contributed by atoms with Crippen LogP contribution in [0.4, 0.5) is 0 Å². The van der Waals surface area contributed by atoms with Gasteiger partial charge in [-0.25, -0.2) is 4.21 Å². The molecule has 1 aliphatic rings. The van der Waals surface area contributed by atoms with E-state index >= 15 is 0 Å². The van der Waals surface area contributed by atoms with Gasteiger partial charge in [0, 0.05) is 9.77 Å². The first kappa shape index (κ1) is 25.2. The Morgan fingerprint density at radius 1 is 0.844 bits per heavy atom. The van der Waals surface area contributed by atoms with Gasteiger partial charge in [-0.15, -0.1) is 3.77 Å². The summed E-state index contributed by atoms with van der Waals surface area (Å²) in [5.74, 6) is 0.605. The number of rotatable bonds is 7. The van der Waals surface area contributed by atoms with Crippen molar-refractivity contribution in [1.82, 2.24) is 0 Å². The lowest BCUT2D eigenvalue weighted by Crippen LogP contribution is -2.50. The van der Waals surface area contributed by atoms with Crippen LogP contribution in [0.2, 0.25) is 19.6 Å². The Morgan fingerprint density at radius 2 is 1.41 bits per heavy atom. The van der Waals surface area contributed by atoms with Gasteiger partial charge >= 0.3 is 0 Å². The van der Waals surface area contributed by atoms with Crippen LogP contribution in [0, 0.1) is 18.8 Å². The summed E-state index contributed by atoms with van der Waals surface area (Å²) in [6.45, 7) is 10.7. The second-order valence-corrected chi connectivity index (χ2v) is 20.2. The van der Waals surface area contributed by atoms with Crippen LogP contribution in [-0.2, 0) is 19.8 Å². The van der Waals surface area contributed by atoms with Gasteiger partial charge in [0.15, 0.2) is 0 Å². The van der Waals surface area contributed by atoms with E-state index in [1.54, 1.807) is 36.4 Å². The minimum absolute atomic E-state index is 0.103. The Labute approximate surface area is 196 Å². The van der Waals surface area contributed by atoms with Crippen LogP contribution in [0.25, 0.3) is 0 Å². The summed E-state index contributed by atoms with van der Waals surface area (Å²) >= 11 is 0. The molecule has 0 aromatic heterocycles. The normalized spacial score (nSPS) is 19.7. The van der Waals surface area contributed by atoms with Crippen molar-refractivity contribution in [2.24, 2.45) is 15.6 Å². The maximum absolute atomic E-state index is 15.0. The molecule has 1 fully saturated rings. The molecule has 7 heteroatoms. The van der Waals surface area contributed by atoms with Gasteiger partial charge in [0.05, 0.1) is 22.7 Å². The summed E-state index contributed by atoms with van der Waals surface area (Å²) in [5, 5.41) is 0. The maximum Gasteiger partial charge on any atom is 0.290 e. The van der Waals surface area contributed by atoms with Crippen LogP contribution in [0.5, 0.6) is 0 Å². The second kappa shape index (κ2) is 9.81. The first-order chi connectivity index (χ1) is 14.9. The van der Waals surface area contributed by atoms with Crippen LogP contribution in [-0.4, -0.2) is 25.6 Å². The average molecular weight is 492 g/mol. The topological polar surface area (TPSA) is 63.6 Å². The van der Waals surface area contributed by atoms with Crippen molar-refractivity contribution in [3.63, 3.8) is 0 Å². The zero-order valence-corrected chi connectivity index (χ0v) is 22.6. The van der Waals surface area contributed by atoms with Gasteiger partial charge in [0.2, 0.25) is 0 Å². The zero-order chi connectivity index (χ0) is 23.6. The quantitative estimate of drug-likeness (QED) is 0.406. The van der Waals surface area contributed by atoms with Crippen molar-refractivity contribution in [3.05, 3.63) is 60.2 Å². The van der Waals surface area contributed by atoms with Gasteiger partial charge in [0.25, 0.3) is 10.0 Å². The van der Waals surface area contributed by atoms with Crippen molar-refractivity contribution in [2.45, 2.75) is 80.3 Å². The van der Waals surface area contributed by atoms with E-state index in [4.69, 9.17) is 0 Å². The molecule has 1 saturated carbocycles. The molecule has 3 unspecified atom stereocenters. The Hall–Kier alpha value is -1.44. The van der Waals surface area contributed by atoms with Gasteiger partial charge in [0.1, 0.15) is 0 Å². The van der Waals surface area contributed by atoms with Gasteiger partial charge in [-0.3, -0.25) is 0 Å². The Balaban J connectivity index is 2.24. The SMILES string of the molecule is Cc1ccc(S(=O)(=O)N=S(=O)(c2ccccc2)C(C(C)C2CCCCC2)[Si](C)(C)C)cc1. The lowest BCUT2D eigenvalue weighted by molar-refractivity contribution is 0.271. The molecule has 0 bridgehead atoms. The highest BCUT2D eigenvalue weighted by Gasteiger charge is 2.44. The molecule has 0 aliphatic heterocycles. The maximum atomic E-state index is 15.0. The average Bonchev–Trinajstić information content (AvgIpc) is 2.74. The van der Waals surface area contributed by atoms with Gasteiger partial charge in [-0.2, -0.15) is 8.42 Å². The van der Waals surface area contributed by atoms with E-state index in [9.17, 15) is 12.6 Å². The van der Waals surface area contributed by atoms with Gasteiger partial charge < -0.3 is 0 Å². The molecule has 176 valence electrons. The molecule has 32 heavy (non-hydrogen) atoms. The van der Waals surface area contributed by atoms with Crippen LogP contribution in [0.15, 0.2) is 68.2 Å². The summed E-state index contributed by atoms with van der Waals surface area (Å²) in [7, 11) is -9.41. The minimum atomic E-state index is -4.08. The second-order valence-electron chi connectivity index (χ2n) is 10.3. The third-order valence-electron chi connectivity index (χ3n) is 6.68. The summed E-state index contributed by atoms with van der Waals surface area (Å²) in [6, 6.07) is 15.7. The molecule has 2 aromatic rings. The van der Waals surface area contributed by atoms with E-state index in [0.29, 0.717) is 10.8 Å². The lowest BCUT2D eigenvalue weighted by atomic mass is 9.81. The summed E-state index contributed by atoms with van der Waals surface area (Å²) in [5.41, 5.74) is 0.971. The highest BCUT2D eigenvalue weighted by molar-refractivity contribution is 8.04. The van der Waals surface area contributed by atoms with Crippen molar-refractivity contribution in [1.29, 1.82) is 0 Å². The summed E-state index contributed by atoms with van der Waals surface area (Å²) < 4.78 is 46.2. The fourth-order valence-electron chi connectivity index (χ4n) is 5.22. The predicted molar refractivity (Wildman–Crippen MR) is 137 cm³/mol. The third kappa shape index (κ3) is 5.54. The minimum Gasteiger partial charge on any atom is -0.244 e. The fourth-order valence-corrected chi connectivity index (χ4v) is 16.0. The molecule has 0 amide bonds. The van der Waals surface area contributed by atoms with Gasteiger partial charge in [-0.1, -0.05) is 94.6 Å². The highest BCUT2D eigenvalue weighted by atomic mass is 32.3. The molecule has 0 saturated heterocycles. The molecule has 1 aliphatic carbocycles. The number of benzene rings is 2. The number of aryl methyl sites for hydroxylation is 1. The summed E-state index contributed by atoms with van der Waals surface area (Å²) in [4.78, 5) is 0.373. The molecule has 0 heterocycles. The molecular weight excluding hydrogens is 454 g/mol. The van der Waals surface area contributed by atoms with Crippen LogP contribution >= 0.6 is 0 Å². The number of hydrogen-bond acceptors (Lipinski definition) is 3. The monoisotopic (exact) mass is 491 g/mol. The number of sulfonamides is 1. The molecule has 0 radical (unpaired) electrons. The van der Waals surface area contributed by atoms with Crippen LogP contribution in [0.3, 0.4) is 0 Å². The lowest BCUT2D eigenvalue weighted by Gasteiger charge is -2.40. The number of hydrogen-bond donors (Lipinski definition) is 0. The third-order valence-corrected chi connectivity index (χ3v) is 16.6. The Morgan fingerprint density at radius 3 is 1.94 bits per heavy atom. The van der Waals surface area contributed by atoms with Crippen molar-refractivity contribution >= 4 is 27.8 Å². The smallest absolute Gasteiger partial charge is 0.244 e. The predicted octanol–water partition coefficient (Wildman–Crippen LogP) is 6.67. The van der Waals surface area contributed by atoms with Crippen LogP contribution in [0.1, 0.15) is 44.6 Å². The molecule has 2 aromatic carbocycles. The number of nitrogens with zero attached hydrogens (tertiary/aromatic N) is 1. The molecular formula is C25H37NO3S2Si. The molecule has 3 atom stereocenters. The van der Waals surface area contributed by atoms with Crippen molar-refractivity contribution < 1.29 is 12.6 Å². The standard InChI is InChI=1S/C25H37NO3S2Si/c1-20-16-18-24(19-17-20)31(28,29)26-30(27,23-14-10-7-11-15-23)25(32(3,4)5)21(2)22-12-8-6-9-13-22/h7,10-11,14-19,21-22,25H,6,8-9,12-13H2,1-5H3. The Kier molecular flexibility index (Phi) is 7.72. The van der Waals surface area contributed by atoms with Crippen LogP contribution < -0.4 is 0 Å². The molecule has 3 rings (SSSR count). The van der Waals surface area contributed by atoms with E-state index in [1.807, 2.05) is 25.1 Å². The fraction of sp³-hybridized carbons (Fsp3) is 0.520. The zero-order valence-electron chi connectivity index (χ0n) is 20.0. The van der Waals surface area contributed by atoms with E-state index in [1.165, 1.54) is 19.3 Å². The van der Waals surface area contributed by atoms with Crippen molar-refractivity contribution in [3.8, 4) is 0 Å². The van der Waals surface area contributed by atoms with E-state index in [2.05, 4.69) is 30.3 Å². The summed E-state index contributed by atoms with van der Waals surface area (Å²) in [6.07, 6.45) is 5.88. The molecule has 4 nitrogen and oxygen atoms in total. The van der Waals surface area contributed by atoms with E-state index in [-0.39, 0.29) is 15.7 Å².